The zero-order valence-corrected chi connectivity index (χ0v) is 23.1. The summed E-state index contributed by atoms with van der Waals surface area (Å²) in [4.78, 5) is 39.0. The molecule has 0 spiro atoms. The molecule has 0 aliphatic heterocycles. The van der Waals surface area contributed by atoms with E-state index < -0.39 is 24.1 Å². The van der Waals surface area contributed by atoms with E-state index in [1.54, 1.807) is 36.6 Å². The number of ether oxygens (including phenoxy) is 1. The van der Waals surface area contributed by atoms with E-state index in [0.29, 0.717) is 23.6 Å². The number of rotatable bonds is 14. The van der Waals surface area contributed by atoms with Gasteiger partial charge in [-0.25, -0.2) is 4.79 Å². The minimum atomic E-state index is -0.852. The van der Waals surface area contributed by atoms with Crippen LogP contribution in [-0.2, 0) is 33.1 Å². The Kier molecular flexibility index (Phi) is 11.8. The first-order chi connectivity index (χ1) is 18.3. The third-order valence-electron chi connectivity index (χ3n) is 5.66. The van der Waals surface area contributed by atoms with Crippen molar-refractivity contribution in [2.24, 2.45) is 5.92 Å². The Morgan fingerprint density at radius 3 is 2.32 bits per heavy atom. The molecule has 1 heterocycles. The molecule has 1 aromatic heterocycles. The number of hydrogen-bond acceptors (Lipinski definition) is 6. The SMILES string of the molecule is CC(C)C[C@H](NC(=O)OCc1ccc(Cl)cc1)C(=O)N[C@@H](Cc1ccccc1)C(=O)CSCc1ccco1. The highest BCUT2D eigenvalue weighted by molar-refractivity contribution is 7.99. The molecule has 2 amide bonds. The van der Waals surface area contributed by atoms with Crippen LogP contribution in [0.5, 0.6) is 0 Å². The second kappa shape index (κ2) is 15.2. The maximum atomic E-state index is 13.3. The summed E-state index contributed by atoms with van der Waals surface area (Å²) in [6.45, 7) is 3.96. The Balaban J connectivity index is 1.63. The van der Waals surface area contributed by atoms with Crippen molar-refractivity contribution in [3.05, 3.63) is 94.9 Å². The molecular weight excluding hydrogens is 524 g/mol. The van der Waals surface area contributed by atoms with Crippen molar-refractivity contribution in [1.29, 1.82) is 0 Å². The van der Waals surface area contributed by atoms with Gasteiger partial charge in [0.05, 0.1) is 23.8 Å². The molecular formula is C29H33ClN2O5S. The largest absolute Gasteiger partial charge is 0.468 e. The van der Waals surface area contributed by atoms with Gasteiger partial charge in [0, 0.05) is 5.02 Å². The highest BCUT2D eigenvalue weighted by atomic mass is 35.5. The predicted octanol–water partition coefficient (Wildman–Crippen LogP) is 5.80. The normalized spacial score (nSPS) is 12.5. The molecule has 2 N–H and O–H groups in total. The smallest absolute Gasteiger partial charge is 0.408 e. The number of hydrogen-bond donors (Lipinski definition) is 2. The van der Waals surface area contributed by atoms with Crippen molar-refractivity contribution >= 4 is 41.1 Å². The van der Waals surface area contributed by atoms with E-state index in [-0.39, 0.29) is 24.1 Å². The van der Waals surface area contributed by atoms with E-state index >= 15 is 0 Å². The number of amides is 2. The van der Waals surface area contributed by atoms with Crippen LogP contribution in [0.1, 0.15) is 37.2 Å². The zero-order chi connectivity index (χ0) is 27.3. The first-order valence-electron chi connectivity index (χ1n) is 12.4. The molecule has 0 fully saturated rings. The Bertz CT molecular complexity index is 1150. The van der Waals surface area contributed by atoms with Crippen LogP contribution in [0, 0.1) is 5.92 Å². The predicted molar refractivity (Wildman–Crippen MR) is 150 cm³/mol. The lowest BCUT2D eigenvalue weighted by molar-refractivity contribution is -0.128. The molecule has 0 aliphatic carbocycles. The van der Waals surface area contributed by atoms with Crippen molar-refractivity contribution in [2.45, 2.75) is 51.1 Å². The van der Waals surface area contributed by atoms with Gasteiger partial charge in [0.25, 0.3) is 0 Å². The van der Waals surface area contributed by atoms with Crippen LogP contribution in [0.15, 0.2) is 77.4 Å². The molecule has 2 aromatic carbocycles. The van der Waals surface area contributed by atoms with Gasteiger partial charge in [-0.3, -0.25) is 9.59 Å². The fraction of sp³-hybridized carbons (Fsp3) is 0.345. The maximum Gasteiger partial charge on any atom is 0.408 e. The van der Waals surface area contributed by atoms with E-state index in [4.69, 9.17) is 20.8 Å². The van der Waals surface area contributed by atoms with Crippen LogP contribution in [-0.4, -0.2) is 35.6 Å². The molecule has 0 radical (unpaired) electrons. The summed E-state index contributed by atoms with van der Waals surface area (Å²) >= 11 is 7.33. The van der Waals surface area contributed by atoms with E-state index in [0.717, 1.165) is 16.9 Å². The average Bonchev–Trinajstić information content (AvgIpc) is 3.41. The highest BCUT2D eigenvalue weighted by Crippen LogP contribution is 2.15. The molecule has 3 rings (SSSR count). The lowest BCUT2D eigenvalue weighted by Crippen LogP contribution is -2.53. The second-order valence-electron chi connectivity index (χ2n) is 9.32. The molecule has 3 aromatic rings. The van der Waals surface area contributed by atoms with Gasteiger partial charge < -0.3 is 19.8 Å². The molecule has 202 valence electrons. The number of nitrogens with one attached hydrogen (secondary N) is 2. The number of ketones is 1. The van der Waals surface area contributed by atoms with Crippen molar-refractivity contribution < 1.29 is 23.5 Å². The van der Waals surface area contributed by atoms with E-state index in [9.17, 15) is 14.4 Å². The first-order valence-corrected chi connectivity index (χ1v) is 14.0. The van der Waals surface area contributed by atoms with Crippen LogP contribution < -0.4 is 10.6 Å². The van der Waals surface area contributed by atoms with Crippen LogP contribution >= 0.6 is 23.4 Å². The molecule has 38 heavy (non-hydrogen) atoms. The van der Waals surface area contributed by atoms with Gasteiger partial charge in [0.1, 0.15) is 18.4 Å². The molecule has 0 bridgehead atoms. The number of furan rings is 1. The summed E-state index contributed by atoms with van der Waals surface area (Å²) in [5.74, 6) is 1.14. The lowest BCUT2D eigenvalue weighted by Gasteiger charge is -2.24. The van der Waals surface area contributed by atoms with Crippen molar-refractivity contribution in [2.75, 3.05) is 5.75 Å². The maximum absolute atomic E-state index is 13.3. The van der Waals surface area contributed by atoms with Crippen LogP contribution in [0.25, 0.3) is 0 Å². The van der Waals surface area contributed by atoms with Crippen LogP contribution in [0.4, 0.5) is 4.79 Å². The average molecular weight is 557 g/mol. The number of thioether (sulfide) groups is 1. The summed E-state index contributed by atoms with van der Waals surface area (Å²) in [5, 5.41) is 6.15. The summed E-state index contributed by atoms with van der Waals surface area (Å²) in [5.41, 5.74) is 1.70. The van der Waals surface area contributed by atoms with Gasteiger partial charge in [-0.05, 0) is 54.2 Å². The number of alkyl carbamates (subject to hydrolysis) is 1. The quantitative estimate of drug-likeness (QED) is 0.260. The Hall–Kier alpha value is -3.23. The minimum Gasteiger partial charge on any atom is -0.468 e. The van der Waals surface area contributed by atoms with Crippen molar-refractivity contribution in [3.63, 3.8) is 0 Å². The highest BCUT2D eigenvalue weighted by Gasteiger charge is 2.28. The van der Waals surface area contributed by atoms with Crippen LogP contribution in [0.2, 0.25) is 5.02 Å². The summed E-state index contributed by atoms with van der Waals surface area (Å²) in [7, 11) is 0. The number of carbonyl (C=O) groups is 3. The van der Waals surface area contributed by atoms with Gasteiger partial charge >= 0.3 is 6.09 Å². The van der Waals surface area contributed by atoms with Crippen molar-refractivity contribution in [1.82, 2.24) is 10.6 Å². The Labute approximate surface area is 232 Å². The summed E-state index contributed by atoms with van der Waals surface area (Å²) in [6, 6.07) is 18.5. The first kappa shape index (κ1) is 29.3. The number of carbonyl (C=O) groups excluding carboxylic acids is 3. The van der Waals surface area contributed by atoms with E-state index in [2.05, 4.69) is 10.6 Å². The summed E-state index contributed by atoms with van der Waals surface area (Å²) < 4.78 is 10.6. The third-order valence-corrected chi connectivity index (χ3v) is 6.88. The lowest BCUT2D eigenvalue weighted by atomic mass is 10.00. The van der Waals surface area contributed by atoms with E-state index in [1.165, 1.54) is 11.8 Å². The molecule has 0 saturated carbocycles. The Morgan fingerprint density at radius 1 is 0.921 bits per heavy atom. The van der Waals surface area contributed by atoms with Gasteiger partial charge in [0.2, 0.25) is 5.91 Å². The number of Topliss-reactive ketones (excluding diaryl/α,β-unsaturated/α-hetero) is 1. The standard InChI is InChI=1S/C29H33ClN2O5S/c1-20(2)15-26(32-29(35)37-17-22-10-12-23(30)13-11-22)28(34)31-25(16-21-7-4-3-5-8-21)27(33)19-38-18-24-9-6-14-36-24/h3-14,20,25-26H,15-19H2,1-2H3,(H,31,34)(H,32,35)/t25-,26-/m0/s1. The monoisotopic (exact) mass is 556 g/mol. The van der Waals surface area contributed by atoms with Gasteiger partial charge in [-0.15, -0.1) is 11.8 Å². The summed E-state index contributed by atoms with van der Waals surface area (Å²) in [6.07, 6.45) is 1.63. The number of halogens is 1. The molecule has 0 aliphatic rings. The second-order valence-corrected chi connectivity index (χ2v) is 10.7. The molecule has 0 unspecified atom stereocenters. The zero-order valence-electron chi connectivity index (χ0n) is 21.5. The van der Waals surface area contributed by atoms with Gasteiger partial charge in [-0.1, -0.05) is 67.9 Å². The molecule has 2 atom stereocenters. The number of benzene rings is 2. The molecule has 7 nitrogen and oxygen atoms in total. The van der Waals surface area contributed by atoms with Gasteiger partial charge in [-0.2, -0.15) is 0 Å². The molecule has 0 saturated heterocycles. The van der Waals surface area contributed by atoms with Gasteiger partial charge in [0.15, 0.2) is 5.78 Å². The van der Waals surface area contributed by atoms with E-state index in [1.807, 2.05) is 50.2 Å². The van der Waals surface area contributed by atoms with Crippen molar-refractivity contribution in [3.8, 4) is 0 Å². The Morgan fingerprint density at radius 2 is 1.66 bits per heavy atom. The molecule has 9 heteroatoms. The minimum absolute atomic E-state index is 0.0427. The van der Waals surface area contributed by atoms with Crippen LogP contribution in [0.3, 0.4) is 0 Å². The third kappa shape index (κ3) is 10.3. The topological polar surface area (TPSA) is 97.6 Å². The fourth-order valence-corrected chi connectivity index (χ4v) is 4.73. The fourth-order valence-electron chi connectivity index (χ4n) is 3.73.